The van der Waals surface area contributed by atoms with E-state index in [1.54, 1.807) is 61.8 Å². The molecule has 4 rings (SSSR count). The van der Waals surface area contributed by atoms with Gasteiger partial charge in [-0.05, 0) is 60.5 Å². The summed E-state index contributed by atoms with van der Waals surface area (Å²) in [7, 11) is -3.70. The summed E-state index contributed by atoms with van der Waals surface area (Å²) in [4.78, 5) is 8.21. The molecule has 27 heavy (non-hydrogen) atoms. The molecule has 1 aliphatic rings. The molecule has 3 aromatic rings. The fourth-order valence-corrected chi connectivity index (χ4v) is 3.97. The molecule has 0 bridgehead atoms. The molecular formula is C19H17N3O4S. The van der Waals surface area contributed by atoms with Crippen LogP contribution in [0.15, 0.2) is 59.8 Å². The van der Waals surface area contributed by atoms with Crippen molar-refractivity contribution in [2.24, 2.45) is 0 Å². The molecule has 0 amide bonds. The van der Waals surface area contributed by atoms with Gasteiger partial charge in [0.25, 0.3) is 10.0 Å². The Morgan fingerprint density at radius 2 is 1.93 bits per heavy atom. The van der Waals surface area contributed by atoms with E-state index < -0.39 is 10.0 Å². The molecular weight excluding hydrogens is 366 g/mol. The summed E-state index contributed by atoms with van der Waals surface area (Å²) in [5.74, 6) is 1.27. The van der Waals surface area contributed by atoms with Crippen LogP contribution in [0.5, 0.6) is 17.5 Å². The Kier molecular flexibility index (Phi) is 4.41. The lowest BCUT2D eigenvalue weighted by Gasteiger charge is -2.12. The maximum absolute atomic E-state index is 12.7. The van der Waals surface area contributed by atoms with Gasteiger partial charge in [0.2, 0.25) is 0 Å². The molecule has 1 aliphatic heterocycles. The quantitative estimate of drug-likeness (QED) is 0.727. The van der Waals surface area contributed by atoms with Crippen LogP contribution in [0.4, 0.5) is 5.69 Å². The van der Waals surface area contributed by atoms with Gasteiger partial charge in [-0.25, -0.2) is 18.4 Å². The minimum atomic E-state index is -3.70. The average molecular weight is 383 g/mol. The normalized spacial score (nSPS) is 12.9. The lowest BCUT2D eigenvalue weighted by molar-refractivity contribution is 0.356. The van der Waals surface area contributed by atoms with Crippen LogP contribution in [-0.4, -0.2) is 25.0 Å². The molecule has 0 aliphatic carbocycles. The van der Waals surface area contributed by atoms with Gasteiger partial charge >= 0.3 is 6.01 Å². The number of nitrogens with zero attached hydrogens (tertiary/aromatic N) is 2. The molecule has 2 heterocycles. The van der Waals surface area contributed by atoms with Crippen LogP contribution >= 0.6 is 0 Å². The van der Waals surface area contributed by atoms with Crippen molar-refractivity contribution in [1.29, 1.82) is 0 Å². The topological polar surface area (TPSA) is 90.4 Å². The first kappa shape index (κ1) is 17.3. The van der Waals surface area contributed by atoms with Gasteiger partial charge in [-0.15, -0.1) is 0 Å². The van der Waals surface area contributed by atoms with Crippen molar-refractivity contribution in [2.45, 2.75) is 18.2 Å². The molecule has 1 aromatic heterocycles. The van der Waals surface area contributed by atoms with E-state index in [1.165, 1.54) is 0 Å². The molecule has 7 nitrogen and oxygen atoms in total. The van der Waals surface area contributed by atoms with Crippen LogP contribution in [0.2, 0.25) is 0 Å². The van der Waals surface area contributed by atoms with Gasteiger partial charge in [0.1, 0.15) is 11.5 Å². The molecule has 0 fully saturated rings. The van der Waals surface area contributed by atoms with E-state index in [0.717, 1.165) is 16.9 Å². The predicted molar refractivity (Wildman–Crippen MR) is 99.7 cm³/mol. The average Bonchev–Trinajstić information content (AvgIpc) is 3.13. The number of benzene rings is 2. The third kappa shape index (κ3) is 3.70. The first-order valence-corrected chi connectivity index (χ1v) is 9.84. The second-order valence-corrected chi connectivity index (χ2v) is 7.77. The molecule has 0 saturated heterocycles. The summed E-state index contributed by atoms with van der Waals surface area (Å²) in [6, 6.07) is 11.9. The zero-order chi connectivity index (χ0) is 18.9. The van der Waals surface area contributed by atoms with Crippen LogP contribution < -0.4 is 14.2 Å². The molecule has 0 atom stereocenters. The van der Waals surface area contributed by atoms with Crippen molar-refractivity contribution < 1.29 is 17.9 Å². The van der Waals surface area contributed by atoms with E-state index in [-0.39, 0.29) is 10.9 Å². The Morgan fingerprint density at radius 3 is 2.70 bits per heavy atom. The Balaban J connectivity index is 1.55. The Morgan fingerprint density at radius 1 is 1.11 bits per heavy atom. The molecule has 2 aromatic carbocycles. The summed E-state index contributed by atoms with van der Waals surface area (Å²) in [5.41, 5.74) is 2.10. The van der Waals surface area contributed by atoms with Crippen molar-refractivity contribution in [2.75, 3.05) is 11.3 Å². The Hall–Kier alpha value is -3.13. The second-order valence-electron chi connectivity index (χ2n) is 6.08. The Bertz CT molecular complexity index is 1090. The van der Waals surface area contributed by atoms with Crippen molar-refractivity contribution in [3.05, 3.63) is 66.0 Å². The van der Waals surface area contributed by atoms with Gasteiger partial charge < -0.3 is 9.47 Å². The summed E-state index contributed by atoms with van der Waals surface area (Å²) in [6.45, 7) is 2.38. The smallest absolute Gasteiger partial charge is 0.321 e. The first-order chi connectivity index (χ1) is 13.0. The summed E-state index contributed by atoms with van der Waals surface area (Å²) >= 11 is 0. The maximum atomic E-state index is 12.7. The highest BCUT2D eigenvalue weighted by Crippen LogP contribution is 2.30. The third-order valence-corrected chi connectivity index (χ3v) is 5.53. The molecule has 0 radical (unpaired) electrons. The number of aryl methyl sites for hydroxylation is 1. The van der Waals surface area contributed by atoms with Crippen LogP contribution in [0.1, 0.15) is 11.1 Å². The standard InChI is InChI=1S/C19H17N3O4S/c1-13-11-15(26-19-20-8-2-9-21-19)3-5-17(13)22-27(23,24)16-4-6-18-14(12-16)7-10-25-18/h2-6,8-9,11-12,22H,7,10H2,1H3. The van der Waals surface area contributed by atoms with E-state index in [0.29, 0.717) is 24.5 Å². The first-order valence-electron chi connectivity index (χ1n) is 8.35. The summed E-state index contributed by atoms with van der Waals surface area (Å²) in [5, 5.41) is 0. The number of nitrogens with one attached hydrogen (secondary N) is 1. The van der Waals surface area contributed by atoms with Gasteiger partial charge in [0.15, 0.2) is 0 Å². The molecule has 8 heteroatoms. The monoisotopic (exact) mass is 383 g/mol. The third-order valence-electron chi connectivity index (χ3n) is 4.16. The SMILES string of the molecule is Cc1cc(Oc2ncccn2)ccc1NS(=O)(=O)c1ccc2c(c1)CCO2. The molecule has 0 saturated carbocycles. The molecule has 1 N–H and O–H groups in total. The van der Waals surface area contributed by atoms with Gasteiger partial charge in [0, 0.05) is 18.8 Å². The van der Waals surface area contributed by atoms with E-state index in [9.17, 15) is 8.42 Å². The highest BCUT2D eigenvalue weighted by atomic mass is 32.2. The number of hydrogen-bond acceptors (Lipinski definition) is 6. The number of hydrogen-bond donors (Lipinski definition) is 1. The van der Waals surface area contributed by atoms with E-state index in [4.69, 9.17) is 9.47 Å². The van der Waals surface area contributed by atoms with E-state index >= 15 is 0 Å². The van der Waals surface area contributed by atoms with Gasteiger partial charge in [0.05, 0.1) is 17.2 Å². The van der Waals surface area contributed by atoms with Gasteiger partial charge in [-0.3, -0.25) is 4.72 Å². The van der Waals surface area contributed by atoms with E-state index in [1.807, 2.05) is 0 Å². The van der Waals surface area contributed by atoms with Crippen molar-refractivity contribution in [1.82, 2.24) is 9.97 Å². The number of anilines is 1. The number of fused-ring (bicyclic) bond motifs is 1. The van der Waals surface area contributed by atoms with Crippen LogP contribution in [0, 0.1) is 6.92 Å². The van der Waals surface area contributed by atoms with Crippen molar-refractivity contribution in [3.8, 4) is 17.5 Å². The minimum Gasteiger partial charge on any atom is -0.493 e. The minimum absolute atomic E-state index is 0.212. The number of aromatic nitrogens is 2. The Labute approximate surface area is 157 Å². The van der Waals surface area contributed by atoms with Gasteiger partial charge in [-0.2, -0.15) is 0 Å². The second kappa shape index (κ2) is 6.88. The zero-order valence-corrected chi connectivity index (χ0v) is 15.4. The van der Waals surface area contributed by atoms with E-state index in [2.05, 4.69) is 14.7 Å². The lowest BCUT2D eigenvalue weighted by atomic mass is 10.2. The highest BCUT2D eigenvalue weighted by molar-refractivity contribution is 7.92. The van der Waals surface area contributed by atoms with Crippen LogP contribution in [0.25, 0.3) is 0 Å². The molecule has 0 unspecified atom stereocenters. The fourth-order valence-electron chi connectivity index (χ4n) is 2.79. The number of rotatable bonds is 5. The van der Waals surface area contributed by atoms with Gasteiger partial charge in [-0.1, -0.05) is 0 Å². The predicted octanol–water partition coefficient (Wildman–Crippen LogP) is 3.31. The highest BCUT2D eigenvalue weighted by Gasteiger charge is 2.20. The van der Waals surface area contributed by atoms with Crippen molar-refractivity contribution in [3.63, 3.8) is 0 Å². The zero-order valence-electron chi connectivity index (χ0n) is 14.5. The largest absolute Gasteiger partial charge is 0.493 e. The number of sulfonamides is 1. The molecule has 138 valence electrons. The summed E-state index contributed by atoms with van der Waals surface area (Å²) < 4.78 is 39.1. The van der Waals surface area contributed by atoms with Crippen molar-refractivity contribution >= 4 is 15.7 Å². The summed E-state index contributed by atoms with van der Waals surface area (Å²) in [6.07, 6.45) is 3.88. The fraction of sp³-hybridized carbons (Fsp3) is 0.158. The van der Waals surface area contributed by atoms with Crippen LogP contribution in [0.3, 0.4) is 0 Å². The molecule has 0 spiro atoms. The number of ether oxygens (including phenoxy) is 2. The van der Waals surface area contributed by atoms with Crippen LogP contribution in [-0.2, 0) is 16.4 Å². The lowest BCUT2D eigenvalue weighted by Crippen LogP contribution is -2.14. The maximum Gasteiger partial charge on any atom is 0.321 e.